The van der Waals surface area contributed by atoms with Crippen molar-refractivity contribution >= 4 is 0 Å². The van der Waals surface area contributed by atoms with Gasteiger partial charge in [0.05, 0.1) is 6.10 Å². The zero-order valence-corrected chi connectivity index (χ0v) is 8.90. The third-order valence-corrected chi connectivity index (χ3v) is 3.28. The number of nitrogens with two attached hydrogens (primary N) is 1. The minimum absolute atomic E-state index is 0.249. The topological polar surface area (TPSA) is 49.5 Å². The standard InChI is InChI=1S/C10H22N2O/c1-7-6-12(5-4-10(7)11)8(2)9(3)13/h7-10,13H,4-6,11H2,1-3H3. The lowest BCUT2D eigenvalue weighted by atomic mass is 9.93. The van der Waals surface area contributed by atoms with Gasteiger partial charge in [-0.2, -0.15) is 0 Å². The predicted octanol–water partition coefficient (Wildman–Crippen LogP) is 0.425. The van der Waals surface area contributed by atoms with Crippen molar-refractivity contribution in [1.82, 2.24) is 4.90 Å². The van der Waals surface area contributed by atoms with Gasteiger partial charge in [-0.1, -0.05) is 6.92 Å². The summed E-state index contributed by atoms with van der Waals surface area (Å²) in [5, 5.41) is 9.45. The molecule has 3 nitrogen and oxygen atoms in total. The molecule has 0 amide bonds. The first kappa shape index (κ1) is 11.0. The summed E-state index contributed by atoms with van der Waals surface area (Å²) >= 11 is 0. The Morgan fingerprint density at radius 1 is 1.46 bits per heavy atom. The van der Waals surface area contributed by atoms with E-state index >= 15 is 0 Å². The van der Waals surface area contributed by atoms with Crippen molar-refractivity contribution in [2.75, 3.05) is 13.1 Å². The first-order chi connectivity index (χ1) is 6.02. The van der Waals surface area contributed by atoms with Gasteiger partial charge >= 0.3 is 0 Å². The fraction of sp³-hybridized carbons (Fsp3) is 1.00. The molecule has 0 aromatic rings. The maximum absolute atomic E-state index is 9.45. The quantitative estimate of drug-likeness (QED) is 0.657. The van der Waals surface area contributed by atoms with Crippen LogP contribution in [-0.4, -0.2) is 41.3 Å². The van der Waals surface area contributed by atoms with Gasteiger partial charge in [-0.15, -0.1) is 0 Å². The van der Waals surface area contributed by atoms with Crippen molar-refractivity contribution in [3.8, 4) is 0 Å². The van der Waals surface area contributed by atoms with Crippen LogP contribution in [0.3, 0.4) is 0 Å². The summed E-state index contributed by atoms with van der Waals surface area (Å²) in [6.45, 7) is 8.16. The van der Waals surface area contributed by atoms with Crippen LogP contribution in [0, 0.1) is 5.92 Å². The van der Waals surface area contributed by atoms with Gasteiger partial charge in [-0.05, 0) is 26.2 Å². The molecule has 0 saturated carbocycles. The number of hydrogen-bond donors (Lipinski definition) is 2. The second-order valence-electron chi connectivity index (χ2n) is 4.41. The Kier molecular flexibility index (Phi) is 3.71. The molecule has 0 aliphatic carbocycles. The van der Waals surface area contributed by atoms with E-state index in [2.05, 4.69) is 18.7 Å². The Morgan fingerprint density at radius 3 is 2.54 bits per heavy atom. The second kappa shape index (κ2) is 4.40. The minimum atomic E-state index is -0.249. The summed E-state index contributed by atoms with van der Waals surface area (Å²) in [4.78, 5) is 2.33. The maximum Gasteiger partial charge on any atom is 0.0664 e. The molecular formula is C10H22N2O. The molecule has 3 N–H and O–H groups in total. The predicted molar refractivity (Wildman–Crippen MR) is 54.5 cm³/mol. The average molecular weight is 186 g/mol. The van der Waals surface area contributed by atoms with Crippen molar-refractivity contribution in [3.63, 3.8) is 0 Å². The van der Waals surface area contributed by atoms with Crippen LogP contribution in [0.15, 0.2) is 0 Å². The molecule has 1 aliphatic heterocycles. The summed E-state index contributed by atoms with van der Waals surface area (Å²) in [6.07, 6.45) is 0.805. The molecule has 1 heterocycles. The Bertz CT molecular complexity index is 161. The van der Waals surface area contributed by atoms with Crippen molar-refractivity contribution in [3.05, 3.63) is 0 Å². The summed E-state index contributed by atoms with van der Waals surface area (Å²) in [5.41, 5.74) is 5.93. The molecule has 0 spiro atoms. The third kappa shape index (κ3) is 2.66. The number of aliphatic hydroxyl groups excluding tert-OH is 1. The van der Waals surface area contributed by atoms with E-state index < -0.39 is 0 Å². The fourth-order valence-electron chi connectivity index (χ4n) is 1.87. The van der Waals surface area contributed by atoms with Crippen LogP contribution in [0.1, 0.15) is 27.2 Å². The van der Waals surface area contributed by atoms with Crippen molar-refractivity contribution < 1.29 is 5.11 Å². The molecule has 4 unspecified atom stereocenters. The number of aliphatic hydroxyl groups is 1. The van der Waals surface area contributed by atoms with E-state index in [1.54, 1.807) is 0 Å². The Hall–Kier alpha value is -0.120. The molecule has 3 heteroatoms. The highest BCUT2D eigenvalue weighted by Gasteiger charge is 2.27. The van der Waals surface area contributed by atoms with E-state index in [-0.39, 0.29) is 12.1 Å². The van der Waals surface area contributed by atoms with Crippen LogP contribution >= 0.6 is 0 Å². The molecule has 1 saturated heterocycles. The Morgan fingerprint density at radius 2 is 2.08 bits per heavy atom. The van der Waals surface area contributed by atoms with E-state index in [0.29, 0.717) is 12.0 Å². The second-order valence-corrected chi connectivity index (χ2v) is 4.41. The summed E-state index contributed by atoms with van der Waals surface area (Å²) in [7, 11) is 0. The van der Waals surface area contributed by atoms with Crippen LogP contribution in [0.5, 0.6) is 0 Å². The van der Waals surface area contributed by atoms with E-state index in [0.717, 1.165) is 19.5 Å². The van der Waals surface area contributed by atoms with Gasteiger partial charge in [0.1, 0.15) is 0 Å². The Balaban J connectivity index is 2.45. The normalized spacial score (nSPS) is 35.8. The van der Waals surface area contributed by atoms with Gasteiger partial charge in [0.15, 0.2) is 0 Å². The zero-order chi connectivity index (χ0) is 10.0. The summed E-state index contributed by atoms with van der Waals surface area (Å²) in [6, 6.07) is 0.604. The lowest BCUT2D eigenvalue weighted by Crippen LogP contribution is -2.51. The third-order valence-electron chi connectivity index (χ3n) is 3.28. The molecule has 0 aromatic carbocycles. The highest BCUT2D eigenvalue weighted by atomic mass is 16.3. The number of rotatable bonds is 2. The molecule has 0 radical (unpaired) electrons. The Labute approximate surface area is 80.9 Å². The molecule has 1 rings (SSSR count). The molecule has 1 aliphatic rings. The molecule has 0 bridgehead atoms. The van der Waals surface area contributed by atoms with Gasteiger partial charge in [-0.3, -0.25) is 4.90 Å². The van der Waals surface area contributed by atoms with Gasteiger partial charge in [-0.25, -0.2) is 0 Å². The highest BCUT2D eigenvalue weighted by molar-refractivity contribution is 4.84. The molecular weight excluding hydrogens is 164 g/mol. The summed E-state index contributed by atoms with van der Waals surface area (Å²) < 4.78 is 0. The highest BCUT2D eigenvalue weighted by Crippen LogP contribution is 2.18. The first-order valence-electron chi connectivity index (χ1n) is 5.20. The smallest absolute Gasteiger partial charge is 0.0664 e. The van der Waals surface area contributed by atoms with E-state index in [9.17, 15) is 5.11 Å². The SMILES string of the molecule is CC(O)C(C)N1CCC(N)C(C)C1. The number of likely N-dealkylation sites (tertiary alicyclic amines) is 1. The van der Waals surface area contributed by atoms with Gasteiger partial charge in [0.25, 0.3) is 0 Å². The van der Waals surface area contributed by atoms with Gasteiger partial charge < -0.3 is 10.8 Å². The van der Waals surface area contributed by atoms with E-state index in [4.69, 9.17) is 5.73 Å². The van der Waals surface area contributed by atoms with Gasteiger partial charge in [0, 0.05) is 25.2 Å². The lowest BCUT2D eigenvalue weighted by Gasteiger charge is -2.39. The average Bonchev–Trinajstić information content (AvgIpc) is 2.08. The zero-order valence-electron chi connectivity index (χ0n) is 8.90. The van der Waals surface area contributed by atoms with E-state index in [1.807, 2.05) is 6.92 Å². The van der Waals surface area contributed by atoms with Crippen LogP contribution in [0.4, 0.5) is 0 Å². The minimum Gasteiger partial charge on any atom is -0.392 e. The van der Waals surface area contributed by atoms with Crippen LogP contribution in [-0.2, 0) is 0 Å². The van der Waals surface area contributed by atoms with Crippen LogP contribution < -0.4 is 5.73 Å². The largest absolute Gasteiger partial charge is 0.392 e. The number of piperidine rings is 1. The van der Waals surface area contributed by atoms with Crippen LogP contribution in [0.25, 0.3) is 0 Å². The van der Waals surface area contributed by atoms with Crippen molar-refractivity contribution in [2.45, 2.75) is 45.4 Å². The molecule has 13 heavy (non-hydrogen) atoms. The molecule has 0 aromatic heterocycles. The molecule has 78 valence electrons. The fourth-order valence-corrected chi connectivity index (χ4v) is 1.87. The number of hydrogen-bond acceptors (Lipinski definition) is 3. The van der Waals surface area contributed by atoms with Crippen molar-refractivity contribution in [1.29, 1.82) is 0 Å². The first-order valence-corrected chi connectivity index (χ1v) is 5.20. The monoisotopic (exact) mass is 186 g/mol. The lowest BCUT2D eigenvalue weighted by molar-refractivity contribution is 0.0406. The van der Waals surface area contributed by atoms with Crippen molar-refractivity contribution in [2.24, 2.45) is 11.7 Å². The van der Waals surface area contributed by atoms with Crippen LogP contribution in [0.2, 0.25) is 0 Å². The number of nitrogens with zero attached hydrogens (tertiary/aromatic N) is 1. The molecule has 1 fully saturated rings. The van der Waals surface area contributed by atoms with E-state index in [1.165, 1.54) is 0 Å². The maximum atomic E-state index is 9.45. The summed E-state index contributed by atoms with van der Waals surface area (Å²) in [5.74, 6) is 0.551. The molecule has 4 atom stereocenters. The van der Waals surface area contributed by atoms with Gasteiger partial charge in [0.2, 0.25) is 0 Å².